The predicted octanol–water partition coefficient (Wildman–Crippen LogP) is 2.90. The molecule has 1 N–H and O–H groups in total. The van der Waals surface area contributed by atoms with Gasteiger partial charge in [-0.1, -0.05) is 23.2 Å². The molecule has 0 saturated heterocycles. The second-order valence-electron chi connectivity index (χ2n) is 3.34. The van der Waals surface area contributed by atoms with E-state index in [-0.39, 0.29) is 6.01 Å². The Kier molecular flexibility index (Phi) is 3.84. The molecule has 2 rings (SSSR count). The summed E-state index contributed by atoms with van der Waals surface area (Å²) in [7, 11) is 3.20. The highest BCUT2D eigenvalue weighted by atomic mass is 35.5. The molecular weight excluding hydrogens is 275 g/mol. The zero-order valence-electron chi connectivity index (χ0n) is 9.74. The minimum absolute atomic E-state index is 0.218. The van der Waals surface area contributed by atoms with Crippen LogP contribution < -0.4 is 10.1 Å². The summed E-state index contributed by atoms with van der Waals surface area (Å²) in [4.78, 5) is 12.4. The number of rotatable bonds is 3. The number of hydrogen-bond donors (Lipinski definition) is 1. The molecular formula is C11H10Cl2N4O. The van der Waals surface area contributed by atoms with Crippen LogP contribution in [-0.2, 0) is 0 Å². The van der Waals surface area contributed by atoms with Gasteiger partial charge in [-0.05, 0) is 18.2 Å². The Morgan fingerprint density at radius 2 is 1.94 bits per heavy atom. The van der Waals surface area contributed by atoms with Crippen molar-refractivity contribution in [3.63, 3.8) is 0 Å². The first-order valence-electron chi connectivity index (χ1n) is 5.07. The first-order valence-corrected chi connectivity index (χ1v) is 5.83. The molecule has 1 aromatic heterocycles. The Balaban J connectivity index is 2.55. The number of benzene rings is 1. The lowest BCUT2D eigenvalue weighted by Crippen LogP contribution is -2.03. The Labute approximate surface area is 114 Å². The Morgan fingerprint density at radius 3 is 2.56 bits per heavy atom. The molecule has 0 saturated carbocycles. The van der Waals surface area contributed by atoms with E-state index in [1.54, 1.807) is 25.2 Å². The van der Waals surface area contributed by atoms with Gasteiger partial charge >= 0.3 is 6.01 Å². The molecule has 0 radical (unpaired) electrons. The van der Waals surface area contributed by atoms with Gasteiger partial charge in [0.15, 0.2) is 5.82 Å². The molecule has 0 unspecified atom stereocenters. The van der Waals surface area contributed by atoms with Crippen LogP contribution in [0.2, 0.25) is 10.0 Å². The summed E-state index contributed by atoms with van der Waals surface area (Å²) < 4.78 is 5.01. The number of ether oxygens (including phenoxy) is 1. The average molecular weight is 285 g/mol. The predicted molar refractivity (Wildman–Crippen MR) is 71.4 cm³/mol. The van der Waals surface area contributed by atoms with E-state index in [2.05, 4.69) is 20.3 Å². The van der Waals surface area contributed by atoms with Gasteiger partial charge in [0.1, 0.15) is 0 Å². The fourth-order valence-electron chi connectivity index (χ4n) is 1.35. The minimum Gasteiger partial charge on any atom is -0.467 e. The highest BCUT2D eigenvalue weighted by Crippen LogP contribution is 2.29. The quantitative estimate of drug-likeness (QED) is 0.939. The molecule has 1 aromatic carbocycles. The van der Waals surface area contributed by atoms with Crippen molar-refractivity contribution >= 4 is 29.2 Å². The van der Waals surface area contributed by atoms with Crippen molar-refractivity contribution in [1.29, 1.82) is 0 Å². The molecule has 0 aliphatic heterocycles. The summed E-state index contributed by atoms with van der Waals surface area (Å²) in [6.07, 6.45) is 0. The fourth-order valence-corrected chi connectivity index (χ4v) is 1.84. The number of hydrogen-bond acceptors (Lipinski definition) is 5. The summed E-state index contributed by atoms with van der Waals surface area (Å²) in [5, 5.41) is 3.86. The first kappa shape index (κ1) is 12.9. The molecule has 7 heteroatoms. The fraction of sp³-hybridized carbons (Fsp3) is 0.182. The standard InChI is InChI=1S/C11H10Cl2N4O/c1-14-10-15-9(16-11(17-10)18-2)7-4-3-6(12)5-8(7)13/h3-5H,1-2H3,(H,14,15,16,17). The van der Waals surface area contributed by atoms with Gasteiger partial charge in [-0.2, -0.15) is 15.0 Å². The normalized spacial score (nSPS) is 10.2. The molecule has 0 spiro atoms. The van der Waals surface area contributed by atoms with Crippen LogP contribution in [0.1, 0.15) is 0 Å². The molecule has 0 atom stereocenters. The van der Waals surface area contributed by atoms with Crippen molar-refractivity contribution in [2.45, 2.75) is 0 Å². The largest absolute Gasteiger partial charge is 0.467 e. The van der Waals surface area contributed by atoms with Gasteiger partial charge in [0.25, 0.3) is 0 Å². The van der Waals surface area contributed by atoms with Crippen LogP contribution in [0.15, 0.2) is 18.2 Å². The SMILES string of the molecule is CNc1nc(OC)nc(-c2ccc(Cl)cc2Cl)n1. The molecule has 94 valence electrons. The lowest BCUT2D eigenvalue weighted by Gasteiger charge is -2.07. The smallest absolute Gasteiger partial charge is 0.321 e. The number of nitrogens with one attached hydrogen (secondary N) is 1. The molecule has 1 heterocycles. The van der Waals surface area contributed by atoms with Crippen molar-refractivity contribution in [1.82, 2.24) is 15.0 Å². The van der Waals surface area contributed by atoms with E-state index in [9.17, 15) is 0 Å². The maximum absolute atomic E-state index is 6.11. The van der Waals surface area contributed by atoms with E-state index in [0.717, 1.165) is 0 Å². The van der Waals surface area contributed by atoms with Gasteiger partial charge in [0.05, 0.1) is 12.1 Å². The molecule has 0 aliphatic carbocycles. The van der Waals surface area contributed by atoms with E-state index in [0.29, 0.717) is 27.4 Å². The third kappa shape index (κ3) is 2.63. The van der Waals surface area contributed by atoms with Gasteiger partial charge < -0.3 is 10.1 Å². The van der Waals surface area contributed by atoms with Crippen LogP contribution in [0.25, 0.3) is 11.4 Å². The monoisotopic (exact) mass is 284 g/mol. The van der Waals surface area contributed by atoms with Gasteiger partial charge in [0.2, 0.25) is 5.95 Å². The van der Waals surface area contributed by atoms with Gasteiger partial charge in [-0.25, -0.2) is 0 Å². The van der Waals surface area contributed by atoms with Gasteiger partial charge in [0, 0.05) is 17.6 Å². The summed E-state index contributed by atoms with van der Waals surface area (Å²) in [6.45, 7) is 0. The van der Waals surface area contributed by atoms with E-state index >= 15 is 0 Å². The first-order chi connectivity index (χ1) is 8.63. The number of methoxy groups -OCH3 is 1. The summed E-state index contributed by atoms with van der Waals surface area (Å²) in [5.74, 6) is 0.829. The number of aromatic nitrogens is 3. The molecule has 0 bridgehead atoms. The lowest BCUT2D eigenvalue weighted by molar-refractivity contribution is 0.379. The van der Waals surface area contributed by atoms with Crippen molar-refractivity contribution in [2.75, 3.05) is 19.5 Å². The Bertz CT molecular complexity index is 555. The van der Waals surface area contributed by atoms with E-state index in [4.69, 9.17) is 27.9 Å². The highest BCUT2D eigenvalue weighted by molar-refractivity contribution is 6.36. The van der Waals surface area contributed by atoms with Crippen LogP contribution in [0.5, 0.6) is 6.01 Å². The van der Waals surface area contributed by atoms with Crippen molar-refractivity contribution in [3.05, 3.63) is 28.2 Å². The molecule has 0 fully saturated rings. The second-order valence-corrected chi connectivity index (χ2v) is 4.19. The number of halogens is 2. The van der Waals surface area contributed by atoms with Crippen molar-refractivity contribution < 1.29 is 4.74 Å². The molecule has 18 heavy (non-hydrogen) atoms. The summed E-state index contributed by atoms with van der Waals surface area (Å²) in [6, 6.07) is 5.32. The average Bonchev–Trinajstić information content (AvgIpc) is 2.38. The summed E-state index contributed by atoms with van der Waals surface area (Å²) in [5.41, 5.74) is 0.665. The van der Waals surface area contributed by atoms with Crippen molar-refractivity contribution in [2.24, 2.45) is 0 Å². The van der Waals surface area contributed by atoms with E-state index in [1.807, 2.05) is 0 Å². The van der Waals surface area contributed by atoms with Crippen LogP contribution in [0, 0.1) is 0 Å². The maximum Gasteiger partial charge on any atom is 0.321 e. The van der Waals surface area contributed by atoms with E-state index in [1.165, 1.54) is 7.11 Å². The molecule has 5 nitrogen and oxygen atoms in total. The van der Waals surface area contributed by atoms with Crippen LogP contribution >= 0.6 is 23.2 Å². The maximum atomic E-state index is 6.11. The third-order valence-corrected chi connectivity index (χ3v) is 2.74. The molecule has 0 aliphatic rings. The molecule has 0 amide bonds. The topological polar surface area (TPSA) is 59.9 Å². The number of nitrogens with zero attached hydrogens (tertiary/aromatic N) is 3. The number of anilines is 1. The van der Waals surface area contributed by atoms with Gasteiger partial charge in [-0.3, -0.25) is 0 Å². The Hall–Kier alpha value is -1.59. The van der Waals surface area contributed by atoms with Crippen LogP contribution in [0.3, 0.4) is 0 Å². The zero-order valence-corrected chi connectivity index (χ0v) is 11.2. The van der Waals surface area contributed by atoms with E-state index < -0.39 is 0 Å². The minimum atomic E-state index is 0.218. The Morgan fingerprint density at radius 1 is 1.17 bits per heavy atom. The van der Waals surface area contributed by atoms with Crippen LogP contribution in [0.4, 0.5) is 5.95 Å². The van der Waals surface area contributed by atoms with Crippen LogP contribution in [-0.4, -0.2) is 29.1 Å². The zero-order chi connectivity index (χ0) is 13.1. The van der Waals surface area contributed by atoms with Crippen molar-refractivity contribution in [3.8, 4) is 17.4 Å². The lowest BCUT2D eigenvalue weighted by atomic mass is 10.2. The summed E-state index contributed by atoms with van der Waals surface area (Å²) >= 11 is 12.0. The second kappa shape index (κ2) is 5.37. The molecule has 2 aromatic rings. The van der Waals surface area contributed by atoms with Gasteiger partial charge in [-0.15, -0.1) is 0 Å². The highest BCUT2D eigenvalue weighted by Gasteiger charge is 2.11. The third-order valence-electron chi connectivity index (χ3n) is 2.19.